The number of carbonyl (C=O) groups excluding carboxylic acids is 1. The lowest BCUT2D eigenvalue weighted by atomic mass is 10.1. The lowest BCUT2D eigenvalue weighted by Crippen LogP contribution is -2.51. The van der Waals surface area contributed by atoms with Crippen LogP contribution in [0, 0.1) is 5.92 Å². The number of hydrogen-bond acceptors (Lipinski definition) is 5. The van der Waals surface area contributed by atoms with Gasteiger partial charge in [0.1, 0.15) is 6.10 Å². The molecule has 0 spiro atoms. The van der Waals surface area contributed by atoms with Crippen LogP contribution in [-0.2, 0) is 22.6 Å². The lowest BCUT2D eigenvalue weighted by molar-refractivity contribution is -0.151. The van der Waals surface area contributed by atoms with Crippen molar-refractivity contribution in [1.29, 1.82) is 0 Å². The van der Waals surface area contributed by atoms with Crippen molar-refractivity contribution in [1.82, 2.24) is 9.80 Å². The molecule has 34 heavy (non-hydrogen) atoms. The third-order valence-corrected chi connectivity index (χ3v) is 5.83. The molecule has 2 aromatic carbocycles. The summed E-state index contributed by atoms with van der Waals surface area (Å²) in [4.78, 5) is 17.5. The van der Waals surface area contributed by atoms with Gasteiger partial charge in [-0.2, -0.15) is 8.78 Å². The SMILES string of the molecule is CC(C)CN(Cc1ccc2c(c1)OCC(F)(F)CO2)C(=O)C1CN(Cc2ccccc2)CCO1. The van der Waals surface area contributed by atoms with E-state index < -0.39 is 25.2 Å². The smallest absolute Gasteiger partial charge is 0.314 e. The number of alkyl halides is 2. The van der Waals surface area contributed by atoms with Crippen molar-refractivity contribution in [2.75, 3.05) is 39.5 Å². The van der Waals surface area contributed by atoms with Crippen molar-refractivity contribution >= 4 is 5.91 Å². The van der Waals surface area contributed by atoms with Gasteiger partial charge in [0.25, 0.3) is 5.91 Å². The fourth-order valence-corrected chi connectivity index (χ4v) is 4.23. The molecule has 2 aromatic rings. The molecule has 0 bridgehead atoms. The predicted molar refractivity (Wildman–Crippen MR) is 124 cm³/mol. The normalized spacial score (nSPS) is 20.1. The first-order valence-electron chi connectivity index (χ1n) is 11.7. The van der Waals surface area contributed by atoms with Gasteiger partial charge < -0.3 is 19.1 Å². The summed E-state index contributed by atoms with van der Waals surface area (Å²) in [6.45, 7) is 6.13. The van der Waals surface area contributed by atoms with E-state index in [1.807, 2.05) is 18.2 Å². The van der Waals surface area contributed by atoms with Gasteiger partial charge >= 0.3 is 5.92 Å². The van der Waals surface area contributed by atoms with Crippen molar-refractivity contribution < 1.29 is 27.8 Å². The summed E-state index contributed by atoms with van der Waals surface area (Å²) in [5.41, 5.74) is 1.99. The van der Waals surface area contributed by atoms with Gasteiger partial charge in [-0.3, -0.25) is 9.69 Å². The Labute approximate surface area is 199 Å². The van der Waals surface area contributed by atoms with Crippen LogP contribution in [0.2, 0.25) is 0 Å². The topological polar surface area (TPSA) is 51.2 Å². The van der Waals surface area contributed by atoms with Crippen LogP contribution in [0.3, 0.4) is 0 Å². The average Bonchev–Trinajstić information content (AvgIpc) is 2.97. The average molecular weight is 475 g/mol. The molecular formula is C26H32F2N2O4. The van der Waals surface area contributed by atoms with Gasteiger partial charge in [0, 0.05) is 32.7 Å². The Morgan fingerprint density at radius 2 is 1.82 bits per heavy atom. The molecule has 0 radical (unpaired) electrons. The molecule has 8 heteroatoms. The van der Waals surface area contributed by atoms with E-state index in [4.69, 9.17) is 14.2 Å². The van der Waals surface area contributed by atoms with Gasteiger partial charge in [-0.15, -0.1) is 0 Å². The molecule has 0 aliphatic carbocycles. The van der Waals surface area contributed by atoms with E-state index in [1.165, 1.54) is 5.56 Å². The van der Waals surface area contributed by atoms with E-state index in [-0.39, 0.29) is 23.3 Å². The third-order valence-electron chi connectivity index (χ3n) is 5.83. The summed E-state index contributed by atoms with van der Waals surface area (Å²) in [6.07, 6.45) is -0.546. The third kappa shape index (κ3) is 6.45. The van der Waals surface area contributed by atoms with Crippen LogP contribution in [-0.4, -0.2) is 67.2 Å². The molecule has 1 amide bonds. The molecule has 2 heterocycles. The maximum atomic E-state index is 13.6. The van der Waals surface area contributed by atoms with Crippen LogP contribution in [0.15, 0.2) is 48.5 Å². The highest BCUT2D eigenvalue weighted by molar-refractivity contribution is 5.81. The van der Waals surface area contributed by atoms with Crippen LogP contribution < -0.4 is 9.47 Å². The number of morpholine rings is 1. The minimum absolute atomic E-state index is 0.0647. The van der Waals surface area contributed by atoms with E-state index in [0.717, 1.165) is 18.7 Å². The standard InChI is InChI=1S/C26H32F2N2O4/c1-19(2)13-30(15-21-8-9-22-23(12-21)34-18-26(27,28)17-33-22)25(31)24-16-29(10-11-32-24)14-20-6-4-3-5-7-20/h3-9,12,19,24H,10-11,13-18H2,1-2H3. The molecule has 2 aliphatic heterocycles. The van der Waals surface area contributed by atoms with Crippen LogP contribution in [0.1, 0.15) is 25.0 Å². The number of benzene rings is 2. The zero-order chi connectivity index (χ0) is 24.1. The highest BCUT2D eigenvalue weighted by Crippen LogP contribution is 2.34. The molecule has 0 saturated carbocycles. The van der Waals surface area contributed by atoms with E-state index in [0.29, 0.717) is 26.2 Å². The molecular weight excluding hydrogens is 442 g/mol. The fourth-order valence-electron chi connectivity index (χ4n) is 4.23. The molecule has 1 atom stereocenters. The second-order valence-electron chi connectivity index (χ2n) is 9.41. The number of nitrogens with zero attached hydrogens (tertiary/aromatic N) is 2. The number of rotatable bonds is 7. The molecule has 1 unspecified atom stereocenters. The van der Waals surface area contributed by atoms with Gasteiger partial charge in [0.15, 0.2) is 24.7 Å². The molecule has 4 rings (SSSR count). The summed E-state index contributed by atoms with van der Waals surface area (Å²) in [5.74, 6) is -2.29. The molecule has 1 saturated heterocycles. The first-order chi connectivity index (χ1) is 16.3. The van der Waals surface area contributed by atoms with Crippen molar-refractivity contribution in [2.45, 2.75) is 39.0 Å². The highest BCUT2D eigenvalue weighted by atomic mass is 19.3. The first-order valence-corrected chi connectivity index (χ1v) is 11.7. The van der Waals surface area contributed by atoms with Gasteiger partial charge in [0.2, 0.25) is 0 Å². The molecule has 2 aliphatic rings. The number of hydrogen-bond donors (Lipinski definition) is 0. The van der Waals surface area contributed by atoms with Crippen molar-refractivity contribution in [2.24, 2.45) is 5.92 Å². The van der Waals surface area contributed by atoms with Gasteiger partial charge in [-0.05, 0) is 29.2 Å². The second-order valence-corrected chi connectivity index (χ2v) is 9.41. The van der Waals surface area contributed by atoms with Crippen molar-refractivity contribution in [3.05, 3.63) is 59.7 Å². The monoisotopic (exact) mass is 474 g/mol. The molecule has 0 N–H and O–H groups in total. The lowest BCUT2D eigenvalue weighted by Gasteiger charge is -2.35. The quantitative estimate of drug-likeness (QED) is 0.608. The fraction of sp³-hybridized carbons (Fsp3) is 0.500. The Balaban J connectivity index is 1.44. The van der Waals surface area contributed by atoms with E-state index in [2.05, 4.69) is 30.9 Å². The van der Waals surface area contributed by atoms with Crippen molar-refractivity contribution in [3.8, 4) is 11.5 Å². The minimum atomic E-state index is -3.04. The van der Waals surface area contributed by atoms with E-state index in [9.17, 15) is 13.6 Å². The Morgan fingerprint density at radius 3 is 2.56 bits per heavy atom. The molecule has 184 valence electrons. The minimum Gasteiger partial charge on any atom is -0.483 e. The highest BCUT2D eigenvalue weighted by Gasteiger charge is 2.35. The number of carbonyl (C=O) groups is 1. The predicted octanol–water partition coefficient (Wildman–Crippen LogP) is 3.98. The number of ether oxygens (including phenoxy) is 3. The van der Waals surface area contributed by atoms with Gasteiger partial charge in [-0.25, -0.2) is 0 Å². The zero-order valence-electron chi connectivity index (χ0n) is 19.7. The molecule has 1 fully saturated rings. The summed E-state index contributed by atoms with van der Waals surface area (Å²) >= 11 is 0. The van der Waals surface area contributed by atoms with Gasteiger partial charge in [0.05, 0.1) is 6.61 Å². The Hall–Kier alpha value is -2.71. The summed E-state index contributed by atoms with van der Waals surface area (Å²) in [5, 5.41) is 0. The number of fused-ring (bicyclic) bond motifs is 1. The largest absolute Gasteiger partial charge is 0.483 e. The summed E-state index contributed by atoms with van der Waals surface area (Å²) in [7, 11) is 0. The van der Waals surface area contributed by atoms with E-state index >= 15 is 0 Å². The Bertz CT molecular complexity index is 971. The molecule has 6 nitrogen and oxygen atoms in total. The summed E-state index contributed by atoms with van der Waals surface area (Å²) < 4.78 is 43.7. The number of halogens is 2. The van der Waals surface area contributed by atoms with Crippen LogP contribution in [0.25, 0.3) is 0 Å². The summed E-state index contributed by atoms with van der Waals surface area (Å²) in [6, 6.07) is 15.3. The zero-order valence-corrected chi connectivity index (χ0v) is 19.7. The Morgan fingerprint density at radius 1 is 1.09 bits per heavy atom. The maximum Gasteiger partial charge on any atom is 0.314 e. The van der Waals surface area contributed by atoms with Crippen molar-refractivity contribution in [3.63, 3.8) is 0 Å². The maximum absolute atomic E-state index is 13.6. The Kier molecular flexibility index (Phi) is 7.68. The van der Waals surface area contributed by atoms with Crippen LogP contribution in [0.5, 0.6) is 11.5 Å². The number of amides is 1. The second kappa shape index (κ2) is 10.7. The first kappa shape index (κ1) is 24.4. The van der Waals surface area contributed by atoms with Crippen LogP contribution >= 0.6 is 0 Å². The van der Waals surface area contributed by atoms with E-state index in [1.54, 1.807) is 23.1 Å². The van der Waals surface area contributed by atoms with Gasteiger partial charge in [-0.1, -0.05) is 50.2 Å². The van der Waals surface area contributed by atoms with Crippen LogP contribution in [0.4, 0.5) is 8.78 Å². The molecule has 0 aromatic heterocycles.